The number of methoxy groups -OCH3 is 1. The molecule has 0 aromatic heterocycles. The molecule has 0 spiro atoms. The summed E-state index contributed by atoms with van der Waals surface area (Å²) < 4.78 is 5.21. The molecule has 2 nitrogen and oxygen atoms in total. The maximum atomic E-state index is 5.21. The Morgan fingerprint density at radius 3 is 2.22 bits per heavy atom. The first-order valence-corrected chi connectivity index (χ1v) is 6.20. The monoisotopic (exact) mass is 241 g/mol. The SMILES string of the molecule is COCc1ccccc1CNCc1ccccc1. The summed E-state index contributed by atoms with van der Waals surface area (Å²) in [6.45, 7) is 2.43. The average molecular weight is 241 g/mol. The number of benzene rings is 2. The van der Waals surface area contributed by atoms with E-state index in [2.05, 4.69) is 53.8 Å². The molecule has 0 radical (unpaired) electrons. The Kier molecular flexibility index (Phi) is 4.94. The first-order chi connectivity index (χ1) is 8.90. The topological polar surface area (TPSA) is 21.3 Å². The summed E-state index contributed by atoms with van der Waals surface area (Å²) in [5.41, 5.74) is 3.86. The van der Waals surface area contributed by atoms with Crippen molar-refractivity contribution >= 4 is 0 Å². The Morgan fingerprint density at radius 1 is 0.833 bits per heavy atom. The minimum Gasteiger partial charge on any atom is -0.380 e. The average Bonchev–Trinajstić information content (AvgIpc) is 2.42. The Hall–Kier alpha value is -1.64. The lowest BCUT2D eigenvalue weighted by atomic mass is 10.1. The van der Waals surface area contributed by atoms with Crippen LogP contribution in [0, 0.1) is 0 Å². The van der Waals surface area contributed by atoms with Gasteiger partial charge in [0.2, 0.25) is 0 Å². The normalized spacial score (nSPS) is 10.5. The lowest BCUT2D eigenvalue weighted by Gasteiger charge is -2.10. The van der Waals surface area contributed by atoms with Crippen molar-refractivity contribution in [2.75, 3.05) is 7.11 Å². The van der Waals surface area contributed by atoms with Crippen molar-refractivity contribution in [3.63, 3.8) is 0 Å². The standard InChI is InChI=1S/C16H19NO/c1-18-13-16-10-6-5-9-15(16)12-17-11-14-7-3-2-4-8-14/h2-10,17H,11-13H2,1H3. The van der Waals surface area contributed by atoms with E-state index in [4.69, 9.17) is 4.74 Å². The van der Waals surface area contributed by atoms with Gasteiger partial charge in [-0.05, 0) is 16.7 Å². The minimum atomic E-state index is 0.670. The number of rotatable bonds is 6. The third-order valence-electron chi connectivity index (χ3n) is 2.91. The first kappa shape index (κ1) is 12.8. The van der Waals surface area contributed by atoms with Gasteiger partial charge in [0.15, 0.2) is 0 Å². The zero-order chi connectivity index (χ0) is 12.6. The molecule has 0 bridgehead atoms. The Bertz CT molecular complexity index is 468. The predicted octanol–water partition coefficient (Wildman–Crippen LogP) is 3.12. The molecule has 0 amide bonds. The molecule has 2 rings (SSSR count). The summed E-state index contributed by atoms with van der Waals surface area (Å²) in [5, 5.41) is 3.46. The van der Waals surface area contributed by atoms with Crippen molar-refractivity contribution in [2.45, 2.75) is 19.7 Å². The molecule has 0 aliphatic heterocycles. The van der Waals surface area contributed by atoms with Crippen LogP contribution in [-0.2, 0) is 24.4 Å². The van der Waals surface area contributed by atoms with E-state index in [1.165, 1.54) is 16.7 Å². The predicted molar refractivity (Wildman–Crippen MR) is 74.1 cm³/mol. The third kappa shape index (κ3) is 3.69. The van der Waals surface area contributed by atoms with E-state index in [1.54, 1.807) is 7.11 Å². The maximum Gasteiger partial charge on any atom is 0.0716 e. The van der Waals surface area contributed by atoms with Crippen LogP contribution in [0.2, 0.25) is 0 Å². The van der Waals surface area contributed by atoms with Crippen LogP contribution in [0.4, 0.5) is 0 Å². The van der Waals surface area contributed by atoms with Gasteiger partial charge in [0.1, 0.15) is 0 Å². The number of hydrogen-bond acceptors (Lipinski definition) is 2. The summed E-state index contributed by atoms with van der Waals surface area (Å²) >= 11 is 0. The van der Waals surface area contributed by atoms with Crippen LogP contribution in [0.15, 0.2) is 54.6 Å². The highest BCUT2D eigenvalue weighted by Gasteiger charge is 2.00. The van der Waals surface area contributed by atoms with E-state index in [1.807, 2.05) is 6.07 Å². The van der Waals surface area contributed by atoms with Crippen molar-refractivity contribution in [3.05, 3.63) is 71.3 Å². The van der Waals surface area contributed by atoms with Crippen molar-refractivity contribution in [2.24, 2.45) is 0 Å². The molecule has 0 fully saturated rings. The van der Waals surface area contributed by atoms with Crippen LogP contribution in [0.1, 0.15) is 16.7 Å². The van der Waals surface area contributed by atoms with E-state index in [0.29, 0.717) is 6.61 Å². The lowest BCUT2D eigenvalue weighted by Crippen LogP contribution is -2.14. The zero-order valence-electron chi connectivity index (χ0n) is 10.7. The molecular weight excluding hydrogens is 222 g/mol. The van der Waals surface area contributed by atoms with Crippen LogP contribution in [0.5, 0.6) is 0 Å². The summed E-state index contributed by atoms with van der Waals surface area (Å²) in [4.78, 5) is 0. The summed E-state index contributed by atoms with van der Waals surface area (Å²) in [6.07, 6.45) is 0. The molecule has 0 aliphatic rings. The second-order valence-electron chi connectivity index (χ2n) is 4.29. The van der Waals surface area contributed by atoms with Gasteiger partial charge >= 0.3 is 0 Å². The molecule has 0 heterocycles. The molecular formula is C16H19NO. The largest absolute Gasteiger partial charge is 0.380 e. The van der Waals surface area contributed by atoms with E-state index in [-0.39, 0.29) is 0 Å². The summed E-state index contributed by atoms with van der Waals surface area (Å²) in [5.74, 6) is 0. The fraction of sp³-hybridized carbons (Fsp3) is 0.250. The fourth-order valence-corrected chi connectivity index (χ4v) is 1.96. The molecule has 0 unspecified atom stereocenters. The lowest BCUT2D eigenvalue weighted by molar-refractivity contribution is 0.184. The smallest absolute Gasteiger partial charge is 0.0716 e. The van der Waals surface area contributed by atoms with Crippen molar-refractivity contribution in [1.29, 1.82) is 0 Å². The third-order valence-corrected chi connectivity index (χ3v) is 2.91. The molecule has 0 saturated heterocycles. The second-order valence-corrected chi connectivity index (χ2v) is 4.29. The molecule has 2 heteroatoms. The van der Waals surface area contributed by atoms with E-state index in [9.17, 15) is 0 Å². The van der Waals surface area contributed by atoms with E-state index < -0.39 is 0 Å². The molecule has 2 aromatic rings. The highest BCUT2D eigenvalue weighted by Crippen LogP contribution is 2.10. The van der Waals surface area contributed by atoms with Gasteiger partial charge in [-0.3, -0.25) is 0 Å². The van der Waals surface area contributed by atoms with Crippen LogP contribution in [-0.4, -0.2) is 7.11 Å². The van der Waals surface area contributed by atoms with Crippen molar-refractivity contribution in [3.8, 4) is 0 Å². The van der Waals surface area contributed by atoms with Gasteiger partial charge in [0.25, 0.3) is 0 Å². The number of hydrogen-bond donors (Lipinski definition) is 1. The van der Waals surface area contributed by atoms with Gasteiger partial charge in [-0.15, -0.1) is 0 Å². The molecule has 0 atom stereocenters. The second kappa shape index (κ2) is 6.94. The van der Waals surface area contributed by atoms with Gasteiger partial charge in [-0.1, -0.05) is 54.6 Å². The summed E-state index contributed by atoms with van der Waals surface area (Å²) in [6, 6.07) is 18.8. The van der Waals surface area contributed by atoms with Crippen LogP contribution < -0.4 is 5.32 Å². The molecule has 1 N–H and O–H groups in total. The molecule has 18 heavy (non-hydrogen) atoms. The van der Waals surface area contributed by atoms with Crippen LogP contribution in [0.25, 0.3) is 0 Å². The van der Waals surface area contributed by atoms with E-state index in [0.717, 1.165) is 13.1 Å². The van der Waals surface area contributed by atoms with Gasteiger partial charge in [-0.2, -0.15) is 0 Å². The van der Waals surface area contributed by atoms with Crippen molar-refractivity contribution in [1.82, 2.24) is 5.32 Å². The Labute approximate surface area is 109 Å². The zero-order valence-corrected chi connectivity index (χ0v) is 10.7. The number of nitrogens with one attached hydrogen (secondary N) is 1. The van der Waals surface area contributed by atoms with Gasteiger partial charge in [0, 0.05) is 20.2 Å². The fourth-order valence-electron chi connectivity index (χ4n) is 1.96. The maximum absolute atomic E-state index is 5.21. The van der Waals surface area contributed by atoms with Crippen molar-refractivity contribution < 1.29 is 4.74 Å². The van der Waals surface area contributed by atoms with E-state index >= 15 is 0 Å². The highest BCUT2D eigenvalue weighted by atomic mass is 16.5. The molecule has 2 aromatic carbocycles. The molecule has 0 aliphatic carbocycles. The first-order valence-electron chi connectivity index (χ1n) is 6.20. The quantitative estimate of drug-likeness (QED) is 0.839. The van der Waals surface area contributed by atoms with Gasteiger partial charge in [-0.25, -0.2) is 0 Å². The van der Waals surface area contributed by atoms with Crippen LogP contribution in [0.3, 0.4) is 0 Å². The summed E-state index contributed by atoms with van der Waals surface area (Å²) in [7, 11) is 1.73. The molecule has 0 saturated carbocycles. The Balaban J connectivity index is 1.90. The highest BCUT2D eigenvalue weighted by molar-refractivity contribution is 5.26. The number of ether oxygens (including phenoxy) is 1. The van der Waals surface area contributed by atoms with Gasteiger partial charge < -0.3 is 10.1 Å². The minimum absolute atomic E-state index is 0.670. The molecule has 94 valence electrons. The van der Waals surface area contributed by atoms with Gasteiger partial charge in [0.05, 0.1) is 6.61 Å². The Morgan fingerprint density at radius 2 is 1.50 bits per heavy atom. The van der Waals surface area contributed by atoms with Crippen LogP contribution >= 0.6 is 0 Å².